The zero-order valence-electron chi connectivity index (χ0n) is 21.8. The summed E-state index contributed by atoms with van der Waals surface area (Å²) in [6.45, 7) is 13.6. The minimum absolute atomic E-state index is 0.0578. The maximum Gasteiger partial charge on any atom is 0.178 e. The molecule has 3 aromatic heterocycles. The van der Waals surface area contributed by atoms with Crippen molar-refractivity contribution in [3.8, 4) is 17.1 Å². The molecule has 0 aliphatic carbocycles. The van der Waals surface area contributed by atoms with E-state index in [0.717, 1.165) is 55.9 Å². The van der Waals surface area contributed by atoms with Crippen LogP contribution in [0.2, 0.25) is 19.6 Å². The number of furan rings is 1. The lowest BCUT2D eigenvalue weighted by atomic mass is 9.92. The van der Waals surface area contributed by atoms with Gasteiger partial charge in [0.2, 0.25) is 0 Å². The van der Waals surface area contributed by atoms with Gasteiger partial charge in [-0.05, 0) is 36.4 Å². The Morgan fingerprint density at radius 3 is 2.28 bits per heavy atom. The standard InChI is InChI=1S/C31H31N3OSi/c1-31(2,3)27-18-17-25-29(32-27)33-30(34(25)20-11-8-7-9-12-20)24-14-10-13-23-22-16-15-21(36(4,5)6)19-26(22)35-28(23)24/h7-19H,1-6H3. The fourth-order valence-electron chi connectivity index (χ4n) is 4.84. The van der Waals surface area contributed by atoms with Gasteiger partial charge in [0.05, 0.1) is 19.2 Å². The first-order valence-corrected chi connectivity index (χ1v) is 16.0. The van der Waals surface area contributed by atoms with Gasteiger partial charge < -0.3 is 4.42 Å². The van der Waals surface area contributed by atoms with Gasteiger partial charge in [-0.25, -0.2) is 9.97 Å². The fraction of sp³-hybridized carbons (Fsp3) is 0.226. The lowest BCUT2D eigenvalue weighted by Gasteiger charge is -2.17. The maximum atomic E-state index is 6.59. The first kappa shape index (κ1) is 22.7. The lowest BCUT2D eigenvalue weighted by Crippen LogP contribution is -2.37. The van der Waals surface area contributed by atoms with Crippen molar-refractivity contribution in [2.75, 3.05) is 0 Å². The van der Waals surface area contributed by atoms with Gasteiger partial charge in [0.25, 0.3) is 0 Å². The summed E-state index contributed by atoms with van der Waals surface area (Å²) >= 11 is 0. The van der Waals surface area contributed by atoms with Crippen LogP contribution < -0.4 is 5.19 Å². The van der Waals surface area contributed by atoms with Crippen molar-refractivity contribution in [2.45, 2.75) is 45.8 Å². The summed E-state index contributed by atoms with van der Waals surface area (Å²) in [5, 5.41) is 3.65. The molecule has 0 saturated carbocycles. The molecule has 4 nitrogen and oxygen atoms in total. The molecule has 6 aromatic rings. The molecule has 0 atom stereocenters. The van der Waals surface area contributed by atoms with E-state index in [4.69, 9.17) is 14.4 Å². The minimum Gasteiger partial charge on any atom is -0.455 e. The van der Waals surface area contributed by atoms with Gasteiger partial charge in [0.1, 0.15) is 11.2 Å². The zero-order chi connectivity index (χ0) is 25.2. The minimum atomic E-state index is -1.46. The molecular formula is C31H31N3OSi. The molecule has 0 saturated heterocycles. The molecule has 6 rings (SSSR count). The van der Waals surface area contributed by atoms with Crippen LogP contribution in [0.15, 0.2) is 83.3 Å². The summed E-state index contributed by atoms with van der Waals surface area (Å²) in [4.78, 5) is 10.1. The van der Waals surface area contributed by atoms with Crippen molar-refractivity contribution in [3.05, 3.63) is 84.6 Å². The Morgan fingerprint density at radius 1 is 0.778 bits per heavy atom. The van der Waals surface area contributed by atoms with E-state index >= 15 is 0 Å². The van der Waals surface area contributed by atoms with E-state index in [2.05, 4.69) is 118 Å². The number of benzene rings is 3. The number of hydrogen-bond acceptors (Lipinski definition) is 3. The van der Waals surface area contributed by atoms with Crippen LogP contribution in [0.5, 0.6) is 0 Å². The molecule has 0 bridgehead atoms. The molecular weight excluding hydrogens is 458 g/mol. The van der Waals surface area contributed by atoms with E-state index in [1.54, 1.807) is 0 Å². The molecule has 0 aliphatic rings. The number of hydrogen-bond donors (Lipinski definition) is 0. The first-order chi connectivity index (χ1) is 17.1. The third kappa shape index (κ3) is 3.66. The van der Waals surface area contributed by atoms with Crippen LogP contribution in [0.25, 0.3) is 50.2 Å². The van der Waals surface area contributed by atoms with Crippen LogP contribution >= 0.6 is 0 Å². The number of nitrogens with zero attached hydrogens (tertiary/aromatic N) is 3. The molecule has 0 unspecified atom stereocenters. The maximum absolute atomic E-state index is 6.59. The van der Waals surface area contributed by atoms with Gasteiger partial charge >= 0.3 is 0 Å². The van der Waals surface area contributed by atoms with Crippen molar-refractivity contribution in [2.24, 2.45) is 0 Å². The molecule has 3 aromatic carbocycles. The third-order valence-corrected chi connectivity index (χ3v) is 8.95. The predicted octanol–water partition coefficient (Wildman–Crippen LogP) is 7.83. The normalized spacial score (nSPS) is 12.7. The summed E-state index contributed by atoms with van der Waals surface area (Å²) in [5.74, 6) is 0.838. The Morgan fingerprint density at radius 2 is 1.56 bits per heavy atom. The third-order valence-electron chi connectivity index (χ3n) is 6.91. The Labute approximate surface area is 212 Å². The number of aromatic nitrogens is 3. The highest BCUT2D eigenvalue weighted by atomic mass is 28.3. The lowest BCUT2D eigenvalue weighted by molar-refractivity contribution is 0.571. The Bertz CT molecular complexity index is 1750. The van der Waals surface area contributed by atoms with Gasteiger partial charge in [-0.3, -0.25) is 4.57 Å². The molecule has 0 N–H and O–H groups in total. The Balaban J connectivity index is 1.66. The second kappa shape index (κ2) is 7.90. The van der Waals surface area contributed by atoms with Gasteiger partial charge in [-0.1, -0.05) is 88.1 Å². The van der Waals surface area contributed by atoms with Crippen molar-refractivity contribution in [3.63, 3.8) is 0 Å². The van der Waals surface area contributed by atoms with Gasteiger partial charge in [0, 0.05) is 27.6 Å². The molecule has 180 valence electrons. The van der Waals surface area contributed by atoms with Crippen molar-refractivity contribution >= 4 is 46.4 Å². The number of para-hydroxylation sites is 2. The first-order valence-electron chi connectivity index (χ1n) is 12.5. The molecule has 0 spiro atoms. The Hall–Kier alpha value is -3.70. The largest absolute Gasteiger partial charge is 0.455 e. The highest BCUT2D eigenvalue weighted by molar-refractivity contribution is 6.88. The predicted molar refractivity (Wildman–Crippen MR) is 153 cm³/mol. The molecule has 3 heterocycles. The van der Waals surface area contributed by atoms with Gasteiger partial charge in [0.15, 0.2) is 11.5 Å². The van der Waals surface area contributed by atoms with Crippen LogP contribution in [-0.4, -0.2) is 22.6 Å². The molecule has 0 aliphatic heterocycles. The van der Waals surface area contributed by atoms with Crippen LogP contribution in [-0.2, 0) is 5.41 Å². The van der Waals surface area contributed by atoms with E-state index in [-0.39, 0.29) is 5.41 Å². The van der Waals surface area contributed by atoms with Crippen molar-refractivity contribution in [1.29, 1.82) is 0 Å². The van der Waals surface area contributed by atoms with E-state index < -0.39 is 8.07 Å². The molecule has 36 heavy (non-hydrogen) atoms. The molecule has 0 amide bonds. The highest BCUT2D eigenvalue weighted by Gasteiger charge is 2.23. The molecule has 0 fully saturated rings. The summed E-state index contributed by atoms with van der Waals surface area (Å²) in [5.41, 5.74) is 6.52. The van der Waals surface area contributed by atoms with E-state index in [1.807, 2.05) is 6.07 Å². The van der Waals surface area contributed by atoms with Crippen molar-refractivity contribution in [1.82, 2.24) is 14.5 Å². The number of fused-ring (bicyclic) bond motifs is 4. The quantitative estimate of drug-likeness (QED) is 0.238. The van der Waals surface area contributed by atoms with Gasteiger partial charge in [-0.2, -0.15) is 0 Å². The summed E-state index contributed by atoms with van der Waals surface area (Å²) in [6.07, 6.45) is 0. The van der Waals surface area contributed by atoms with E-state index in [9.17, 15) is 0 Å². The highest BCUT2D eigenvalue weighted by Crippen LogP contribution is 2.37. The SMILES string of the molecule is CC(C)(C)c1ccc2c(n1)nc(-c1cccc3c1oc1cc([Si](C)(C)C)ccc13)n2-c1ccccc1. The number of pyridine rings is 1. The van der Waals surface area contributed by atoms with Crippen LogP contribution in [0, 0.1) is 0 Å². The Kier molecular flexibility index (Phi) is 4.99. The van der Waals surface area contributed by atoms with Crippen LogP contribution in [0.4, 0.5) is 0 Å². The van der Waals surface area contributed by atoms with E-state index in [1.165, 1.54) is 5.19 Å². The molecule has 0 radical (unpaired) electrons. The second-order valence-electron chi connectivity index (χ2n) is 11.6. The second-order valence-corrected chi connectivity index (χ2v) is 16.7. The van der Waals surface area contributed by atoms with Crippen LogP contribution in [0.3, 0.4) is 0 Å². The summed E-state index contributed by atoms with van der Waals surface area (Å²) in [6, 6.07) is 27.7. The monoisotopic (exact) mass is 489 g/mol. The smallest absolute Gasteiger partial charge is 0.178 e. The fourth-order valence-corrected chi connectivity index (χ4v) is 5.99. The average Bonchev–Trinajstić information content (AvgIpc) is 3.41. The summed E-state index contributed by atoms with van der Waals surface area (Å²) < 4.78 is 8.79. The number of imidazole rings is 1. The van der Waals surface area contributed by atoms with Crippen LogP contribution in [0.1, 0.15) is 26.5 Å². The summed E-state index contributed by atoms with van der Waals surface area (Å²) in [7, 11) is -1.46. The topological polar surface area (TPSA) is 43.9 Å². The van der Waals surface area contributed by atoms with Crippen molar-refractivity contribution < 1.29 is 4.42 Å². The number of rotatable bonds is 3. The van der Waals surface area contributed by atoms with E-state index in [0.29, 0.717) is 0 Å². The van der Waals surface area contributed by atoms with Gasteiger partial charge in [-0.15, -0.1) is 0 Å². The zero-order valence-corrected chi connectivity index (χ0v) is 22.8. The molecule has 5 heteroatoms. The average molecular weight is 490 g/mol.